The molecule has 0 aliphatic heterocycles. The zero-order valence-electron chi connectivity index (χ0n) is 10.7. The van der Waals surface area contributed by atoms with Crippen molar-refractivity contribution in [2.75, 3.05) is 6.54 Å². The second kappa shape index (κ2) is 5.50. The van der Waals surface area contributed by atoms with Crippen molar-refractivity contribution in [3.63, 3.8) is 0 Å². The predicted molar refractivity (Wildman–Crippen MR) is 75.9 cm³/mol. The zero-order valence-corrected chi connectivity index (χ0v) is 13.2. The maximum atomic E-state index is 13.7. The van der Waals surface area contributed by atoms with Crippen LogP contribution in [0.2, 0.25) is 0 Å². The van der Waals surface area contributed by atoms with Crippen LogP contribution in [0.5, 0.6) is 0 Å². The van der Waals surface area contributed by atoms with Crippen molar-refractivity contribution < 1.29 is 12.8 Å². The Balaban J connectivity index is 2.14. The van der Waals surface area contributed by atoms with E-state index in [0.29, 0.717) is 11.0 Å². The molecule has 106 valence electrons. The molecule has 0 amide bonds. The summed E-state index contributed by atoms with van der Waals surface area (Å²) in [5, 5.41) is 0. The summed E-state index contributed by atoms with van der Waals surface area (Å²) in [7, 11) is -3.77. The molecule has 6 heteroatoms. The maximum absolute atomic E-state index is 13.7. The summed E-state index contributed by atoms with van der Waals surface area (Å²) >= 11 is 3.11. The summed E-state index contributed by atoms with van der Waals surface area (Å²) in [6.45, 7) is 2.45. The average molecular weight is 350 g/mol. The van der Waals surface area contributed by atoms with Crippen molar-refractivity contribution in [1.82, 2.24) is 4.72 Å². The van der Waals surface area contributed by atoms with E-state index < -0.39 is 15.8 Å². The molecule has 19 heavy (non-hydrogen) atoms. The van der Waals surface area contributed by atoms with Crippen molar-refractivity contribution in [1.29, 1.82) is 0 Å². The minimum atomic E-state index is -3.77. The normalized spacial score (nSPS) is 18.1. The molecule has 2 rings (SSSR count). The van der Waals surface area contributed by atoms with Crippen molar-refractivity contribution in [2.24, 2.45) is 5.41 Å². The van der Waals surface area contributed by atoms with Crippen LogP contribution in [0, 0.1) is 11.2 Å². The van der Waals surface area contributed by atoms with Crippen LogP contribution < -0.4 is 4.72 Å². The molecule has 1 saturated carbocycles. The van der Waals surface area contributed by atoms with Crippen molar-refractivity contribution >= 4 is 26.0 Å². The Hall–Kier alpha value is -0.460. The van der Waals surface area contributed by atoms with Crippen LogP contribution in [0.4, 0.5) is 4.39 Å². The van der Waals surface area contributed by atoms with Crippen molar-refractivity contribution in [2.45, 2.75) is 37.5 Å². The van der Waals surface area contributed by atoms with Gasteiger partial charge in [-0.1, -0.05) is 29.3 Å². The Morgan fingerprint density at radius 2 is 2.11 bits per heavy atom. The topological polar surface area (TPSA) is 46.2 Å². The highest BCUT2D eigenvalue weighted by Crippen LogP contribution is 2.43. The molecule has 1 N–H and O–H groups in total. The van der Waals surface area contributed by atoms with Gasteiger partial charge in [0.1, 0.15) is 10.7 Å². The van der Waals surface area contributed by atoms with E-state index in [2.05, 4.69) is 27.6 Å². The molecular formula is C13H17BrFNO2S. The van der Waals surface area contributed by atoms with Gasteiger partial charge in [0, 0.05) is 11.0 Å². The molecule has 0 bridgehead atoms. The first kappa shape index (κ1) is 14.9. The number of hydrogen-bond donors (Lipinski definition) is 1. The summed E-state index contributed by atoms with van der Waals surface area (Å²) in [4.78, 5) is -0.290. The fourth-order valence-corrected chi connectivity index (χ4v) is 3.90. The molecule has 1 aliphatic carbocycles. The van der Waals surface area contributed by atoms with Gasteiger partial charge in [-0.15, -0.1) is 0 Å². The van der Waals surface area contributed by atoms with Gasteiger partial charge in [0.2, 0.25) is 10.0 Å². The third-order valence-corrected chi connectivity index (χ3v) is 5.91. The van der Waals surface area contributed by atoms with Gasteiger partial charge >= 0.3 is 0 Å². The van der Waals surface area contributed by atoms with Gasteiger partial charge in [-0.05, 0) is 42.9 Å². The van der Waals surface area contributed by atoms with E-state index in [9.17, 15) is 12.8 Å². The standard InChI is InChI=1S/C13H17BrFNO2S/c1-2-13(6-3-7-13)9-16-19(17,18)12-5-4-10(14)8-11(12)15/h4-5,8,16H,2-3,6-7,9H2,1H3. The van der Waals surface area contributed by atoms with Crippen molar-refractivity contribution in [3.8, 4) is 0 Å². The Kier molecular flexibility index (Phi) is 4.32. The molecular weight excluding hydrogens is 333 g/mol. The molecule has 1 aromatic carbocycles. The molecule has 0 radical (unpaired) electrons. The van der Waals surface area contributed by atoms with E-state index in [1.807, 2.05) is 0 Å². The number of halogens is 2. The Labute approximate surface area is 121 Å². The van der Waals surface area contributed by atoms with E-state index in [-0.39, 0.29) is 10.3 Å². The summed E-state index contributed by atoms with van der Waals surface area (Å²) < 4.78 is 41.0. The highest BCUT2D eigenvalue weighted by molar-refractivity contribution is 9.10. The minimum Gasteiger partial charge on any atom is -0.211 e. The number of nitrogens with one attached hydrogen (secondary N) is 1. The van der Waals surface area contributed by atoms with E-state index in [1.54, 1.807) is 0 Å². The minimum absolute atomic E-state index is 0.0684. The maximum Gasteiger partial charge on any atom is 0.243 e. The zero-order chi connectivity index (χ0) is 14.1. The van der Waals surface area contributed by atoms with Gasteiger partial charge in [-0.3, -0.25) is 0 Å². The molecule has 0 atom stereocenters. The van der Waals surface area contributed by atoms with Crippen LogP contribution in [-0.4, -0.2) is 15.0 Å². The van der Waals surface area contributed by atoms with Gasteiger partial charge in [0.05, 0.1) is 0 Å². The lowest BCUT2D eigenvalue weighted by Crippen LogP contribution is -2.41. The molecule has 0 spiro atoms. The van der Waals surface area contributed by atoms with Crippen LogP contribution in [0.25, 0.3) is 0 Å². The first-order valence-electron chi connectivity index (χ1n) is 6.33. The largest absolute Gasteiger partial charge is 0.243 e. The number of benzene rings is 1. The molecule has 1 aromatic rings. The van der Waals surface area contributed by atoms with Gasteiger partial charge in [-0.2, -0.15) is 0 Å². The second-order valence-corrected chi connectivity index (χ2v) is 7.76. The third-order valence-electron chi connectivity index (χ3n) is 3.98. The summed E-state index contributed by atoms with van der Waals surface area (Å²) in [5.74, 6) is -0.735. The Morgan fingerprint density at radius 1 is 1.42 bits per heavy atom. The van der Waals surface area contributed by atoms with Gasteiger partial charge in [-0.25, -0.2) is 17.5 Å². The smallest absolute Gasteiger partial charge is 0.211 e. The fourth-order valence-electron chi connectivity index (χ4n) is 2.35. The molecule has 0 heterocycles. The average Bonchev–Trinajstić information content (AvgIpc) is 2.27. The van der Waals surface area contributed by atoms with E-state index in [4.69, 9.17) is 0 Å². The highest BCUT2D eigenvalue weighted by atomic mass is 79.9. The van der Waals surface area contributed by atoms with Crippen LogP contribution in [0.15, 0.2) is 27.6 Å². The lowest BCUT2D eigenvalue weighted by molar-refractivity contribution is 0.133. The molecule has 0 unspecified atom stereocenters. The van der Waals surface area contributed by atoms with Crippen LogP contribution in [0.1, 0.15) is 32.6 Å². The fraction of sp³-hybridized carbons (Fsp3) is 0.538. The number of rotatable bonds is 5. The SMILES string of the molecule is CCC1(CNS(=O)(=O)c2ccc(Br)cc2F)CCC1. The molecule has 1 aliphatic rings. The van der Waals surface area contributed by atoms with Gasteiger partial charge < -0.3 is 0 Å². The third kappa shape index (κ3) is 3.17. The van der Waals surface area contributed by atoms with Crippen LogP contribution in [-0.2, 0) is 10.0 Å². The number of hydrogen-bond acceptors (Lipinski definition) is 2. The number of sulfonamides is 1. The predicted octanol–water partition coefficient (Wildman–Crippen LogP) is 3.45. The highest BCUT2D eigenvalue weighted by Gasteiger charge is 2.36. The first-order valence-corrected chi connectivity index (χ1v) is 8.61. The van der Waals surface area contributed by atoms with Gasteiger partial charge in [0.15, 0.2) is 0 Å². The second-order valence-electron chi connectivity index (χ2n) is 5.11. The monoisotopic (exact) mass is 349 g/mol. The van der Waals surface area contributed by atoms with E-state index in [0.717, 1.165) is 31.7 Å². The Morgan fingerprint density at radius 3 is 2.58 bits per heavy atom. The quantitative estimate of drug-likeness (QED) is 0.884. The lowest BCUT2D eigenvalue weighted by atomic mass is 9.67. The summed E-state index contributed by atoms with van der Waals surface area (Å²) in [6, 6.07) is 3.96. The summed E-state index contributed by atoms with van der Waals surface area (Å²) in [6.07, 6.45) is 4.16. The molecule has 0 aromatic heterocycles. The first-order chi connectivity index (χ1) is 8.88. The molecule has 0 saturated heterocycles. The Bertz CT molecular complexity index is 564. The van der Waals surface area contributed by atoms with E-state index >= 15 is 0 Å². The van der Waals surface area contributed by atoms with Gasteiger partial charge in [0.25, 0.3) is 0 Å². The van der Waals surface area contributed by atoms with Crippen molar-refractivity contribution in [3.05, 3.63) is 28.5 Å². The van der Waals surface area contributed by atoms with Crippen LogP contribution >= 0.6 is 15.9 Å². The van der Waals surface area contributed by atoms with Crippen LogP contribution in [0.3, 0.4) is 0 Å². The molecule has 1 fully saturated rings. The van der Waals surface area contributed by atoms with E-state index in [1.165, 1.54) is 12.1 Å². The lowest BCUT2D eigenvalue weighted by Gasteiger charge is -2.41. The summed E-state index contributed by atoms with van der Waals surface area (Å²) in [5.41, 5.74) is 0.0684. The molecule has 3 nitrogen and oxygen atoms in total.